The molecule has 0 bridgehead atoms. The molecular formula is C10H9NO3. The average Bonchev–Trinajstić information content (AvgIpc) is 2.18. The van der Waals surface area contributed by atoms with Crippen molar-refractivity contribution in [2.75, 3.05) is 5.32 Å². The SMILES string of the molecule is C=CC(=O)Nc1ccccc1C(=O)O. The Balaban J connectivity index is 3.01. The van der Waals surface area contributed by atoms with Gasteiger partial charge in [-0.05, 0) is 18.2 Å². The summed E-state index contributed by atoms with van der Waals surface area (Å²) in [5.74, 6) is -1.51. The number of aromatic carboxylic acids is 1. The number of carboxylic acids is 1. The summed E-state index contributed by atoms with van der Waals surface area (Å²) in [6.45, 7) is 3.27. The van der Waals surface area contributed by atoms with Crippen LogP contribution < -0.4 is 5.32 Å². The first kappa shape index (κ1) is 9.98. The van der Waals surface area contributed by atoms with Crippen LogP contribution in [0.4, 0.5) is 5.69 Å². The van der Waals surface area contributed by atoms with Gasteiger partial charge in [-0.3, -0.25) is 4.79 Å². The van der Waals surface area contributed by atoms with Crippen molar-refractivity contribution in [1.29, 1.82) is 0 Å². The van der Waals surface area contributed by atoms with Gasteiger partial charge in [0.1, 0.15) is 0 Å². The molecule has 0 aromatic heterocycles. The van der Waals surface area contributed by atoms with Gasteiger partial charge in [0.2, 0.25) is 5.91 Å². The van der Waals surface area contributed by atoms with E-state index < -0.39 is 11.9 Å². The van der Waals surface area contributed by atoms with Gasteiger partial charge >= 0.3 is 5.97 Å². The number of rotatable bonds is 3. The van der Waals surface area contributed by atoms with Crippen LogP contribution in [0.5, 0.6) is 0 Å². The average molecular weight is 191 g/mol. The fraction of sp³-hybridized carbons (Fsp3) is 0. The highest BCUT2D eigenvalue weighted by atomic mass is 16.4. The number of carboxylic acid groups (broad SMARTS) is 1. The zero-order chi connectivity index (χ0) is 10.6. The fourth-order valence-corrected chi connectivity index (χ4v) is 0.962. The van der Waals surface area contributed by atoms with Crippen LogP contribution in [0.3, 0.4) is 0 Å². The number of nitrogens with one attached hydrogen (secondary N) is 1. The molecule has 4 nitrogen and oxygen atoms in total. The first-order valence-electron chi connectivity index (χ1n) is 3.91. The highest BCUT2D eigenvalue weighted by Crippen LogP contribution is 2.14. The lowest BCUT2D eigenvalue weighted by molar-refractivity contribution is -0.111. The van der Waals surface area contributed by atoms with E-state index in [4.69, 9.17) is 5.11 Å². The Labute approximate surface area is 80.9 Å². The summed E-state index contributed by atoms with van der Waals surface area (Å²) in [7, 11) is 0. The van der Waals surface area contributed by atoms with Crippen molar-refractivity contribution in [2.24, 2.45) is 0 Å². The minimum Gasteiger partial charge on any atom is -0.478 e. The maximum absolute atomic E-state index is 10.9. The summed E-state index contributed by atoms with van der Waals surface area (Å²) in [6, 6.07) is 6.17. The van der Waals surface area contributed by atoms with Gasteiger partial charge in [-0.1, -0.05) is 18.7 Å². The molecule has 0 aliphatic rings. The molecule has 1 aromatic carbocycles. The van der Waals surface area contributed by atoms with Gasteiger partial charge in [0.25, 0.3) is 0 Å². The Kier molecular flexibility index (Phi) is 3.01. The standard InChI is InChI=1S/C10H9NO3/c1-2-9(12)11-8-6-4-3-5-7(8)10(13)14/h2-6H,1H2,(H,11,12)(H,13,14). The van der Waals surface area contributed by atoms with Gasteiger partial charge in [0.15, 0.2) is 0 Å². The van der Waals surface area contributed by atoms with Crippen LogP contribution in [0, 0.1) is 0 Å². The molecule has 1 amide bonds. The highest BCUT2D eigenvalue weighted by Gasteiger charge is 2.09. The van der Waals surface area contributed by atoms with E-state index in [1.165, 1.54) is 12.1 Å². The summed E-state index contributed by atoms with van der Waals surface area (Å²) in [6.07, 6.45) is 1.08. The fourth-order valence-electron chi connectivity index (χ4n) is 0.962. The van der Waals surface area contributed by atoms with E-state index in [0.717, 1.165) is 6.08 Å². The molecule has 1 aromatic rings. The molecule has 0 spiro atoms. The zero-order valence-electron chi connectivity index (χ0n) is 7.36. The minimum atomic E-state index is -1.08. The summed E-state index contributed by atoms with van der Waals surface area (Å²) in [5.41, 5.74) is 0.326. The molecule has 0 unspecified atom stereocenters. The van der Waals surface area contributed by atoms with E-state index in [-0.39, 0.29) is 11.3 Å². The maximum atomic E-state index is 10.9. The van der Waals surface area contributed by atoms with E-state index in [1.54, 1.807) is 12.1 Å². The number of hydrogen-bond donors (Lipinski definition) is 2. The van der Waals surface area contributed by atoms with Crippen molar-refractivity contribution >= 4 is 17.6 Å². The number of hydrogen-bond acceptors (Lipinski definition) is 2. The van der Waals surface area contributed by atoms with E-state index in [9.17, 15) is 9.59 Å². The van der Waals surface area contributed by atoms with E-state index >= 15 is 0 Å². The first-order valence-corrected chi connectivity index (χ1v) is 3.91. The molecule has 1 rings (SSSR count). The molecule has 0 aliphatic carbocycles. The second kappa shape index (κ2) is 4.23. The van der Waals surface area contributed by atoms with Crippen LogP contribution in [0.25, 0.3) is 0 Å². The molecule has 0 aliphatic heterocycles. The Hall–Kier alpha value is -2.10. The third-order valence-electron chi connectivity index (χ3n) is 1.60. The molecule has 0 atom stereocenters. The van der Waals surface area contributed by atoms with Crippen molar-refractivity contribution in [1.82, 2.24) is 0 Å². The van der Waals surface area contributed by atoms with Gasteiger partial charge in [0, 0.05) is 0 Å². The molecule has 4 heteroatoms. The smallest absolute Gasteiger partial charge is 0.337 e. The topological polar surface area (TPSA) is 66.4 Å². The van der Waals surface area contributed by atoms with E-state index in [1.807, 2.05) is 0 Å². The highest BCUT2D eigenvalue weighted by molar-refractivity contribution is 6.04. The number of carbonyl (C=O) groups is 2. The van der Waals surface area contributed by atoms with Gasteiger partial charge in [-0.25, -0.2) is 4.79 Å². The third kappa shape index (κ3) is 2.20. The van der Waals surface area contributed by atoms with Crippen LogP contribution in [-0.4, -0.2) is 17.0 Å². The predicted octanol–water partition coefficient (Wildman–Crippen LogP) is 1.51. The van der Waals surface area contributed by atoms with Gasteiger partial charge in [0.05, 0.1) is 11.3 Å². The van der Waals surface area contributed by atoms with Gasteiger partial charge < -0.3 is 10.4 Å². The van der Waals surface area contributed by atoms with E-state index in [0.29, 0.717) is 0 Å². The Morgan fingerprint density at radius 1 is 1.36 bits per heavy atom. The second-order valence-electron chi connectivity index (χ2n) is 2.54. The molecule has 0 saturated carbocycles. The van der Waals surface area contributed by atoms with Gasteiger partial charge in [-0.15, -0.1) is 0 Å². The van der Waals surface area contributed by atoms with Crippen molar-refractivity contribution in [3.8, 4) is 0 Å². The Morgan fingerprint density at radius 3 is 2.57 bits per heavy atom. The lowest BCUT2D eigenvalue weighted by atomic mass is 10.2. The molecular weight excluding hydrogens is 182 g/mol. The van der Waals surface area contributed by atoms with Gasteiger partial charge in [-0.2, -0.15) is 0 Å². The predicted molar refractivity (Wildman–Crippen MR) is 52.2 cm³/mol. The van der Waals surface area contributed by atoms with Crippen molar-refractivity contribution < 1.29 is 14.7 Å². The number of benzene rings is 1. The monoisotopic (exact) mass is 191 g/mol. The first-order chi connectivity index (χ1) is 6.65. The molecule has 0 radical (unpaired) electrons. The molecule has 14 heavy (non-hydrogen) atoms. The molecule has 2 N–H and O–H groups in total. The van der Waals surface area contributed by atoms with Crippen LogP contribution in [0.2, 0.25) is 0 Å². The molecule has 0 saturated heterocycles. The number of amides is 1. The largest absolute Gasteiger partial charge is 0.478 e. The summed E-state index contributed by atoms with van der Waals surface area (Å²) in [5, 5.41) is 11.2. The van der Waals surface area contributed by atoms with Crippen LogP contribution in [0.15, 0.2) is 36.9 Å². The Bertz CT molecular complexity index is 385. The maximum Gasteiger partial charge on any atom is 0.337 e. The van der Waals surface area contributed by atoms with Crippen LogP contribution in [0.1, 0.15) is 10.4 Å². The van der Waals surface area contributed by atoms with E-state index in [2.05, 4.69) is 11.9 Å². The van der Waals surface area contributed by atoms with Crippen molar-refractivity contribution in [3.63, 3.8) is 0 Å². The molecule has 0 fully saturated rings. The molecule has 72 valence electrons. The third-order valence-corrected chi connectivity index (χ3v) is 1.60. The van der Waals surface area contributed by atoms with Crippen molar-refractivity contribution in [3.05, 3.63) is 42.5 Å². The van der Waals surface area contributed by atoms with Crippen LogP contribution in [-0.2, 0) is 4.79 Å². The lowest BCUT2D eigenvalue weighted by Gasteiger charge is -2.05. The summed E-state index contributed by atoms with van der Waals surface area (Å²) < 4.78 is 0. The second-order valence-corrected chi connectivity index (χ2v) is 2.54. The summed E-state index contributed by atoms with van der Waals surface area (Å²) >= 11 is 0. The quantitative estimate of drug-likeness (QED) is 0.711. The minimum absolute atomic E-state index is 0.0581. The van der Waals surface area contributed by atoms with Crippen molar-refractivity contribution in [2.45, 2.75) is 0 Å². The number of para-hydroxylation sites is 1. The zero-order valence-corrected chi connectivity index (χ0v) is 7.36. The Morgan fingerprint density at radius 2 is 2.00 bits per heavy atom. The van der Waals surface area contributed by atoms with Crippen LogP contribution >= 0.6 is 0 Å². The summed E-state index contributed by atoms with van der Waals surface area (Å²) in [4.78, 5) is 21.6. The number of anilines is 1. The lowest BCUT2D eigenvalue weighted by Crippen LogP contribution is -2.11. The normalized spacial score (nSPS) is 9.14. The molecule has 0 heterocycles. The number of carbonyl (C=O) groups excluding carboxylic acids is 1.